The minimum atomic E-state index is -1.61. The summed E-state index contributed by atoms with van der Waals surface area (Å²) in [6, 6.07) is 6.53. The van der Waals surface area contributed by atoms with E-state index in [1.807, 2.05) is 0 Å². The number of carbonyl (C=O) groups is 1. The van der Waals surface area contributed by atoms with E-state index in [-0.39, 0.29) is 11.3 Å². The van der Waals surface area contributed by atoms with Crippen LogP contribution in [-0.4, -0.2) is 58.0 Å². The Labute approximate surface area is 154 Å². The van der Waals surface area contributed by atoms with Crippen molar-refractivity contribution in [3.8, 4) is 5.75 Å². The van der Waals surface area contributed by atoms with E-state index in [1.54, 1.807) is 18.2 Å². The van der Waals surface area contributed by atoms with Crippen molar-refractivity contribution in [2.24, 2.45) is 0 Å². The molecule has 5 atom stereocenters. The van der Waals surface area contributed by atoms with Crippen molar-refractivity contribution in [3.63, 3.8) is 0 Å². The molecule has 1 saturated heterocycles. The van der Waals surface area contributed by atoms with Crippen LogP contribution in [0.5, 0.6) is 5.75 Å². The highest BCUT2D eigenvalue weighted by atomic mass is 16.7. The molecule has 0 aliphatic carbocycles. The predicted octanol–water partition coefficient (Wildman–Crippen LogP) is -0.494. The van der Waals surface area contributed by atoms with Gasteiger partial charge in [0, 0.05) is 31.4 Å². The fourth-order valence-electron chi connectivity index (χ4n) is 3.18. The van der Waals surface area contributed by atoms with E-state index < -0.39 is 48.3 Å². The van der Waals surface area contributed by atoms with Gasteiger partial charge in [0.15, 0.2) is 0 Å². The van der Waals surface area contributed by atoms with Gasteiger partial charge in [-0.25, -0.2) is 4.79 Å². The fraction of sp³-hybridized carbons (Fsp3) is 0.444. The van der Waals surface area contributed by atoms with Crippen molar-refractivity contribution in [2.45, 2.75) is 44.0 Å². The van der Waals surface area contributed by atoms with Gasteiger partial charge in [-0.3, -0.25) is 4.79 Å². The minimum Gasteiger partial charge on any atom is -0.460 e. The molecule has 1 aromatic carbocycles. The maximum Gasteiger partial charge on any atom is 0.336 e. The number of rotatable bonds is 4. The molecule has 1 amide bonds. The molecule has 9 nitrogen and oxygen atoms in total. The topological polar surface area (TPSA) is 138 Å². The number of hydrogen-bond acceptors (Lipinski definition) is 8. The summed E-state index contributed by atoms with van der Waals surface area (Å²) >= 11 is 0. The number of carbonyl (C=O) groups excluding carboxylic acids is 1. The summed E-state index contributed by atoms with van der Waals surface area (Å²) in [5.41, 5.74) is -0.232. The summed E-state index contributed by atoms with van der Waals surface area (Å²) < 4.78 is 16.7. The molecule has 4 N–H and O–H groups in total. The smallest absolute Gasteiger partial charge is 0.336 e. The van der Waals surface area contributed by atoms with Gasteiger partial charge >= 0.3 is 5.63 Å². The quantitative estimate of drug-likeness (QED) is 0.522. The zero-order valence-corrected chi connectivity index (χ0v) is 14.8. The Morgan fingerprint density at radius 1 is 1.26 bits per heavy atom. The Kier molecular flexibility index (Phi) is 5.20. The van der Waals surface area contributed by atoms with Crippen molar-refractivity contribution < 1.29 is 34.0 Å². The van der Waals surface area contributed by atoms with Crippen LogP contribution in [0.15, 0.2) is 39.5 Å². The summed E-state index contributed by atoms with van der Waals surface area (Å²) in [6.07, 6.45) is -3.98. The molecule has 3 rings (SSSR count). The van der Waals surface area contributed by atoms with E-state index in [0.717, 1.165) is 0 Å². The Morgan fingerprint density at radius 3 is 2.63 bits per heavy atom. The molecule has 2 heterocycles. The van der Waals surface area contributed by atoms with Gasteiger partial charge in [0.2, 0.25) is 11.7 Å². The van der Waals surface area contributed by atoms with E-state index in [2.05, 4.69) is 5.32 Å². The van der Waals surface area contributed by atoms with Crippen LogP contribution >= 0.6 is 0 Å². The number of aliphatic hydroxyl groups is 3. The van der Waals surface area contributed by atoms with E-state index in [4.69, 9.17) is 13.9 Å². The molecule has 2 aromatic rings. The first-order chi connectivity index (χ1) is 12.7. The second-order valence-electron chi connectivity index (χ2n) is 6.57. The monoisotopic (exact) mass is 379 g/mol. The molecule has 1 fully saturated rings. The molecular formula is C18H21NO8. The van der Waals surface area contributed by atoms with E-state index >= 15 is 0 Å². The van der Waals surface area contributed by atoms with E-state index in [0.29, 0.717) is 5.39 Å². The van der Waals surface area contributed by atoms with Gasteiger partial charge in [0.25, 0.3) is 0 Å². The first-order valence-electron chi connectivity index (χ1n) is 8.38. The lowest BCUT2D eigenvalue weighted by molar-refractivity contribution is -0.297. The summed E-state index contributed by atoms with van der Waals surface area (Å²) in [5, 5.41) is 33.1. The summed E-state index contributed by atoms with van der Waals surface area (Å²) in [5.74, 6) is -1.83. The number of hydrogen-bond donors (Lipinski definition) is 4. The lowest BCUT2D eigenvalue weighted by Crippen LogP contribution is -2.70. The first-order valence-corrected chi connectivity index (χ1v) is 8.38. The van der Waals surface area contributed by atoms with Crippen molar-refractivity contribution in [2.75, 3.05) is 6.61 Å². The lowest BCUT2D eigenvalue weighted by Gasteiger charge is -2.48. The zero-order valence-electron chi connectivity index (χ0n) is 14.8. The number of amides is 1. The summed E-state index contributed by atoms with van der Waals surface area (Å²) in [6.45, 7) is 2.16. The number of aliphatic hydroxyl groups excluding tert-OH is 3. The third-order valence-electron chi connectivity index (χ3n) is 4.48. The maximum absolute atomic E-state index is 11.6. The van der Waals surface area contributed by atoms with Crippen LogP contribution in [-0.2, 0) is 9.53 Å². The molecule has 0 bridgehead atoms. The average Bonchev–Trinajstić information content (AvgIpc) is 2.61. The molecule has 146 valence electrons. The molecule has 0 saturated carbocycles. The number of fused-ring (bicyclic) bond motifs is 1. The fourth-order valence-corrected chi connectivity index (χ4v) is 3.18. The van der Waals surface area contributed by atoms with Crippen LogP contribution in [0.1, 0.15) is 13.8 Å². The van der Waals surface area contributed by atoms with Crippen LogP contribution in [0.25, 0.3) is 11.0 Å². The Hall–Kier alpha value is -2.46. The third kappa shape index (κ3) is 3.81. The highest BCUT2D eigenvalue weighted by Crippen LogP contribution is 2.33. The van der Waals surface area contributed by atoms with Gasteiger partial charge in [-0.05, 0) is 18.2 Å². The van der Waals surface area contributed by atoms with Crippen LogP contribution < -0.4 is 15.7 Å². The first kappa shape index (κ1) is 19.3. The largest absolute Gasteiger partial charge is 0.460 e. The zero-order chi connectivity index (χ0) is 19.8. The van der Waals surface area contributed by atoms with Gasteiger partial charge in [-0.2, -0.15) is 0 Å². The predicted molar refractivity (Wildman–Crippen MR) is 93.1 cm³/mol. The molecule has 1 aromatic heterocycles. The van der Waals surface area contributed by atoms with Crippen LogP contribution in [0.4, 0.5) is 0 Å². The van der Waals surface area contributed by atoms with Crippen molar-refractivity contribution >= 4 is 16.9 Å². The van der Waals surface area contributed by atoms with E-state index in [9.17, 15) is 24.9 Å². The van der Waals surface area contributed by atoms with Crippen molar-refractivity contribution in [1.29, 1.82) is 0 Å². The molecule has 27 heavy (non-hydrogen) atoms. The minimum absolute atomic E-state index is 0.245. The Bertz CT molecular complexity index is 896. The van der Waals surface area contributed by atoms with Gasteiger partial charge in [-0.1, -0.05) is 0 Å². The van der Waals surface area contributed by atoms with Gasteiger partial charge in [0.05, 0.1) is 6.61 Å². The lowest BCUT2D eigenvalue weighted by atomic mass is 9.90. The molecule has 1 aliphatic heterocycles. The highest BCUT2D eigenvalue weighted by Gasteiger charge is 2.53. The van der Waals surface area contributed by atoms with E-state index in [1.165, 1.54) is 26.0 Å². The molecule has 1 aliphatic rings. The molecule has 9 heteroatoms. The molecule has 0 unspecified atom stereocenters. The Balaban J connectivity index is 1.97. The van der Waals surface area contributed by atoms with Gasteiger partial charge in [0.1, 0.15) is 35.7 Å². The maximum atomic E-state index is 11.6. The second-order valence-corrected chi connectivity index (χ2v) is 6.57. The number of ether oxygens (including phenoxy) is 2. The summed E-state index contributed by atoms with van der Waals surface area (Å²) in [4.78, 5) is 23.0. The van der Waals surface area contributed by atoms with Crippen LogP contribution in [0.2, 0.25) is 0 Å². The number of nitrogens with one attached hydrogen (secondary N) is 1. The van der Waals surface area contributed by atoms with Crippen LogP contribution in [0.3, 0.4) is 0 Å². The summed E-state index contributed by atoms with van der Waals surface area (Å²) in [7, 11) is 0. The average molecular weight is 379 g/mol. The van der Waals surface area contributed by atoms with Gasteiger partial charge < -0.3 is 34.5 Å². The second kappa shape index (κ2) is 7.28. The standard InChI is InChI=1S/C18H21NO8/c1-9(21)19-17-16(24)15(23)13(8-20)27-18(17,2)26-11-5-3-10-4-6-14(22)25-12(10)7-11/h3-7,13,15-17,20,23-24H,8H2,1-2H3,(H,19,21)/t13-,15-,16+,17-,18-/m1/s1. The molecule has 0 spiro atoms. The normalized spacial score (nSPS) is 30.9. The molecular weight excluding hydrogens is 358 g/mol. The van der Waals surface area contributed by atoms with Crippen LogP contribution in [0, 0.1) is 0 Å². The SMILES string of the molecule is CC(=O)N[C@@H]1[C@@H](O)[C@H](O)[C@@H](CO)O[C@@]1(C)Oc1ccc2ccc(=O)oc2c1. The van der Waals surface area contributed by atoms with Crippen molar-refractivity contribution in [3.05, 3.63) is 40.8 Å². The number of benzene rings is 1. The van der Waals surface area contributed by atoms with Gasteiger partial charge in [-0.15, -0.1) is 0 Å². The third-order valence-corrected chi connectivity index (χ3v) is 4.48. The Morgan fingerprint density at radius 2 is 1.96 bits per heavy atom. The molecule has 0 radical (unpaired) electrons. The van der Waals surface area contributed by atoms with Crippen molar-refractivity contribution in [1.82, 2.24) is 5.32 Å². The highest BCUT2D eigenvalue weighted by molar-refractivity contribution is 5.77.